The number of aliphatic hydroxyl groups is 2. The summed E-state index contributed by atoms with van der Waals surface area (Å²) >= 11 is 6.72. The number of ether oxygens (including phenoxy) is 4. The predicted octanol–water partition coefficient (Wildman–Crippen LogP) is 1.04. The second kappa shape index (κ2) is 13.1. The molecule has 2 unspecified atom stereocenters. The fourth-order valence-electron chi connectivity index (χ4n) is 1.21. The minimum atomic E-state index is -0.639. The van der Waals surface area contributed by atoms with Crippen LogP contribution in [0, 0.1) is 0 Å². The van der Waals surface area contributed by atoms with Crippen molar-refractivity contribution in [1.29, 1.82) is 0 Å². The molecule has 0 saturated carbocycles. The van der Waals surface area contributed by atoms with Crippen LogP contribution < -0.4 is 0 Å². The van der Waals surface area contributed by atoms with E-state index >= 15 is 0 Å². The van der Waals surface area contributed by atoms with Crippen LogP contribution in [0.25, 0.3) is 0 Å². The van der Waals surface area contributed by atoms with E-state index < -0.39 is 12.2 Å². The van der Waals surface area contributed by atoms with Crippen molar-refractivity contribution in [1.82, 2.24) is 0 Å². The minimum Gasteiger partial charge on any atom is -0.388 e. The maximum absolute atomic E-state index is 9.40. The lowest BCUT2D eigenvalue weighted by Crippen LogP contribution is -2.22. The highest BCUT2D eigenvalue weighted by atomic mass is 79.9. The Balaban J connectivity index is 3.82. The third-order valence-corrected chi connectivity index (χ3v) is 4.04. The minimum absolute atomic E-state index is 0.191. The standard InChI is InChI=1S/C12H22Br2O6/c1-17-3-9(15)5-19-7-11(13)12(14)8-20-6-10(16)4-18-2/h9-10,15-16H,3-8H2,1-2H3/b12-11+. The van der Waals surface area contributed by atoms with Crippen LogP contribution in [0.4, 0.5) is 0 Å². The van der Waals surface area contributed by atoms with E-state index in [1.165, 1.54) is 14.2 Å². The van der Waals surface area contributed by atoms with Crippen molar-refractivity contribution >= 4 is 31.9 Å². The number of halogens is 2. The molecule has 0 fully saturated rings. The first kappa shape index (κ1) is 20.5. The second-order valence-electron chi connectivity index (χ2n) is 4.06. The Hall–Kier alpha value is 0.460. The quantitative estimate of drug-likeness (QED) is 0.490. The van der Waals surface area contributed by atoms with E-state index in [9.17, 15) is 10.2 Å². The molecule has 6 nitrogen and oxygen atoms in total. The van der Waals surface area contributed by atoms with Gasteiger partial charge in [-0.3, -0.25) is 0 Å². The maximum atomic E-state index is 9.40. The summed E-state index contributed by atoms with van der Waals surface area (Å²) in [6.45, 7) is 1.48. The first-order valence-electron chi connectivity index (χ1n) is 6.03. The van der Waals surface area contributed by atoms with Gasteiger partial charge in [-0.15, -0.1) is 0 Å². The van der Waals surface area contributed by atoms with Crippen LogP contribution in [0.1, 0.15) is 0 Å². The third-order valence-electron chi connectivity index (χ3n) is 2.09. The first-order chi connectivity index (χ1) is 9.51. The van der Waals surface area contributed by atoms with Crippen molar-refractivity contribution in [3.63, 3.8) is 0 Å². The van der Waals surface area contributed by atoms with Gasteiger partial charge >= 0.3 is 0 Å². The van der Waals surface area contributed by atoms with Crippen LogP contribution >= 0.6 is 31.9 Å². The van der Waals surface area contributed by atoms with Crippen molar-refractivity contribution < 1.29 is 29.2 Å². The van der Waals surface area contributed by atoms with Crippen molar-refractivity contribution in [2.75, 3.05) is 53.9 Å². The molecule has 0 aromatic rings. The van der Waals surface area contributed by atoms with Gasteiger partial charge in [-0.2, -0.15) is 0 Å². The van der Waals surface area contributed by atoms with Gasteiger partial charge in [-0.1, -0.05) is 31.9 Å². The van der Waals surface area contributed by atoms with E-state index in [4.69, 9.17) is 18.9 Å². The third kappa shape index (κ3) is 11.2. The van der Waals surface area contributed by atoms with E-state index in [-0.39, 0.29) is 26.4 Å². The zero-order valence-electron chi connectivity index (χ0n) is 11.7. The molecular formula is C12H22Br2O6. The molecule has 0 spiro atoms. The Labute approximate surface area is 136 Å². The summed E-state index contributed by atoms with van der Waals surface area (Å²) in [6, 6.07) is 0. The van der Waals surface area contributed by atoms with E-state index in [1.54, 1.807) is 0 Å². The molecule has 0 bridgehead atoms. The highest BCUT2D eigenvalue weighted by Crippen LogP contribution is 2.18. The van der Waals surface area contributed by atoms with Crippen LogP contribution in [0.3, 0.4) is 0 Å². The zero-order valence-corrected chi connectivity index (χ0v) is 14.9. The molecule has 120 valence electrons. The molecule has 20 heavy (non-hydrogen) atoms. The molecule has 0 aromatic carbocycles. The maximum Gasteiger partial charge on any atom is 0.101 e. The van der Waals surface area contributed by atoms with Gasteiger partial charge in [0.15, 0.2) is 0 Å². The summed E-state index contributed by atoms with van der Waals surface area (Å²) in [5, 5.41) is 18.8. The number of hydrogen-bond donors (Lipinski definition) is 2. The summed E-state index contributed by atoms with van der Waals surface area (Å²) in [7, 11) is 3.04. The van der Waals surface area contributed by atoms with Crippen LogP contribution in [-0.2, 0) is 18.9 Å². The molecule has 8 heteroatoms. The van der Waals surface area contributed by atoms with E-state index in [0.29, 0.717) is 13.2 Å². The summed E-state index contributed by atoms with van der Waals surface area (Å²) in [5.41, 5.74) is 0. The molecule has 0 aliphatic heterocycles. The van der Waals surface area contributed by atoms with Gasteiger partial charge in [0.05, 0.1) is 39.6 Å². The molecule has 2 N–H and O–H groups in total. The molecule has 0 aromatic heterocycles. The summed E-state index contributed by atoms with van der Waals surface area (Å²) in [4.78, 5) is 0. The fraction of sp³-hybridized carbons (Fsp3) is 0.833. The SMILES string of the molecule is COCC(O)COC/C(Br)=C(\Br)COCC(O)COC. The Kier molecular flexibility index (Phi) is 13.4. The molecule has 2 atom stereocenters. The van der Waals surface area contributed by atoms with Crippen LogP contribution in [0.15, 0.2) is 8.96 Å². The van der Waals surface area contributed by atoms with E-state index in [2.05, 4.69) is 31.9 Å². The molecule has 0 rings (SSSR count). The van der Waals surface area contributed by atoms with Gasteiger partial charge < -0.3 is 29.2 Å². The Morgan fingerprint density at radius 1 is 0.800 bits per heavy atom. The summed E-state index contributed by atoms with van der Waals surface area (Å²) in [6.07, 6.45) is -1.28. The average Bonchev–Trinajstić information content (AvgIpc) is 2.39. The zero-order chi connectivity index (χ0) is 15.4. The van der Waals surface area contributed by atoms with Gasteiger partial charge in [0.2, 0.25) is 0 Å². The largest absolute Gasteiger partial charge is 0.388 e. The van der Waals surface area contributed by atoms with Crippen molar-refractivity contribution in [3.8, 4) is 0 Å². The highest BCUT2D eigenvalue weighted by molar-refractivity contribution is 9.14. The van der Waals surface area contributed by atoms with Gasteiger partial charge in [-0.25, -0.2) is 0 Å². The number of aliphatic hydroxyl groups excluding tert-OH is 2. The number of rotatable bonds is 12. The molecule has 0 radical (unpaired) electrons. The monoisotopic (exact) mass is 420 g/mol. The van der Waals surface area contributed by atoms with Gasteiger partial charge in [0.25, 0.3) is 0 Å². The van der Waals surface area contributed by atoms with Crippen molar-refractivity contribution in [2.45, 2.75) is 12.2 Å². The molecule has 0 aliphatic carbocycles. The smallest absolute Gasteiger partial charge is 0.101 e. The Bertz CT molecular complexity index is 249. The molecule has 0 aliphatic rings. The highest BCUT2D eigenvalue weighted by Gasteiger charge is 2.08. The second-order valence-corrected chi connectivity index (χ2v) is 5.97. The first-order valence-corrected chi connectivity index (χ1v) is 7.62. The number of methoxy groups -OCH3 is 2. The lowest BCUT2D eigenvalue weighted by Gasteiger charge is -2.12. The lowest BCUT2D eigenvalue weighted by molar-refractivity contribution is -0.00152. The van der Waals surface area contributed by atoms with Gasteiger partial charge in [-0.05, 0) is 0 Å². The van der Waals surface area contributed by atoms with Gasteiger partial charge in [0, 0.05) is 23.2 Å². The summed E-state index contributed by atoms with van der Waals surface area (Å²) in [5.74, 6) is 0. The van der Waals surface area contributed by atoms with Crippen molar-refractivity contribution in [3.05, 3.63) is 8.96 Å². The van der Waals surface area contributed by atoms with Crippen LogP contribution in [0.5, 0.6) is 0 Å². The molecule has 0 heterocycles. The molecule has 0 saturated heterocycles. The average molecular weight is 422 g/mol. The normalized spacial score (nSPS) is 15.9. The topological polar surface area (TPSA) is 77.4 Å². The van der Waals surface area contributed by atoms with E-state index in [0.717, 1.165) is 8.96 Å². The van der Waals surface area contributed by atoms with Gasteiger partial charge in [0.1, 0.15) is 12.2 Å². The number of hydrogen-bond acceptors (Lipinski definition) is 6. The lowest BCUT2D eigenvalue weighted by atomic mass is 10.4. The van der Waals surface area contributed by atoms with Crippen LogP contribution in [-0.4, -0.2) is 76.3 Å². The molecule has 0 amide bonds. The summed E-state index contributed by atoms with van der Waals surface area (Å²) < 4.78 is 21.8. The van der Waals surface area contributed by atoms with E-state index in [1.807, 2.05) is 0 Å². The Morgan fingerprint density at radius 2 is 1.15 bits per heavy atom. The molecular weight excluding hydrogens is 400 g/mol. The predicted molar refractivity (Wildman–Crippen MR) is 82.3 cm³/mol. The van der Waals surface area contributed by atoms with Crippen LogP contribution in [0.2, 0.25) is 0 Å². The Morgan fingerprint density at radius 3 is 1.45 bits per heavy atom. The van der Waals surface area contributed by atoms with Crippen molar-refractivity contribution in [2.24, 2.45) is 0 Å². The fourth-order valence-corrected chi connectivity index (χ4v) is 1.76.